The molecule has 76 valence electrons. The summed E-state index contributed by atoms with van der Waals surface area (Å²) in [4.78, 5) is 0. The van der Waals surface area contributed by atoms with Gasteiger partial charge < -0.3 is 5.84 Å². The molecule has 1 aliphatic rings. The van der Waals surface area contributed by atoms with Crippen molar-refractivity contribution in [2.24, 2.45) is 10.9 Å². The molecule has 2 N–H and O–H groups in total. The summed E-state index contributed by atoms with van der Waals surface area (Å²) in [5, 5.41) is 3.90. The van der Waals surface area contributed by atoms with Crippen molar-refractivity contribution < 1.29 is 0 Å². The van der Waals surface area contributed by atoms with E-state index in [1.165, 1.54) is 5.57 Å². The van der Waals surface area contributed by atoms with Crippen LogP contribution in [0, 0.1) is 0 Å². The van der Waals surface area contributed by atoms with Gasteiger partial charge in [-0.2, -0.15) is 5.10 Å². The molecule has 0 atom stereocenters. The molecule has 0 aromatic heterocycles. The number of benzene rings is 1. The van der Waals surface area contributed by atoms with Gasteiger partial charge in [-0.25, -0.2) is 0 Å². The maximum absolute atomic E-state index is 5.46. The lowest BCUT2D eigenvalue weighted by molar-refractivity contribution is 0.999. The van der Waals surface area contributed by atoms with Crippen molar-refractivity contribution in [2.45, 2.75) is 12.8 Å². The number of hydrogen-bond acceptors (Lipinski definition) is 2. The molecule has 0 fully saturated rings. The maximum atomic E-state index is 5.46. The molecule has 0 spiro atoms. The first kappa shape index (κ1) is 9.71. The largest absolute Gasteiger partial charge is 0.323 e. The number of nitrogens with zero attached hydrogens (tertiary/aromatic N) is 1. The van der Waals surface area contributed by atoms with E-state index < -0.39 is 0 Å². The Kier molecular flexibility index (Phi) is 2.98. The number of hydrazone groups is 1. The molecule has 0 unspecified atom stereocenters. The number of allylic oxidation sites excluding steroid dienone is 4. The number of rotatable bonds is 2. The fourth-order valence-electron chi connectivity index (χ4n) is 1.74. The fourth-order valence-corrected chi connectivity index (χ4v) is 1.74. The Morgan fingerprint density at radius 2 is 2.00 bits per heavy atom. The standard InChI is InChI=1S/C13H14N2/c14-15-13(11-7-3-1-4-8-11)12-9-5-2-6-10-12/h1-5,7-9H,6,10,14H2/b15-13+. The van der Waals surface area contributed by atoms with Gasteiger partial charge in [0.05, 0.1) is 5.71 Å². The van der Waals surface area contributed by atoms with Crippen molar-refractivity contribution >= 4 is 5.71 Å². The van der Waals surface area contributed by atoms with E-state index in [4.69, 9.17) is 5.84 Å². The van der Waals surface area contributed by atoms with Crippen LogP contribution in [0.3, 0.4) is 0 Å². The van der Waals surface area contributed by atoms with Gasteiger partial charge >= 0.3 is 0 Å². The van der Waals surface area contributed by atoms with Gasteiger partial charge in [0, 0.05) is 5.56 Å². The minimum Gasteiger partial charge on any atom is -0.323 e. The first-order valence-corrected chi connectivity index (χ1v) is 5.11. The molecule has 0 bridgehead atoms. The van der Waals surface area contributed by atoms with Crippen molar-refractivity contribution in [1.29, 1.82) is 0 Å². The summed E-state index contributed by atoms with van der Waals surface area (Å²) < 4.78 is 0. The molecule has 0 saturated carbocycles. The van der Waals surface area contributed by atoms with Crippen LogP contribution in [0.1, 0.15) is 18.4 Å². The molecule has 1 aromatic rings. The Morgan fingerprint density at radius 3 is 2.60 bits per heavy atom. The first-order chi connectivity index (χ1) is 7.42. The predicted octanol–water partition coefficient (Wildman–Crippen LogP) is 2.63. The second-order valence-electron chi connectivity index (χ2n) is 3.50. The fraction of sp³-hybridized carbons (Fsp3) is 0.154. The molecule has 0 amide bonds. The highest BCUT2D eigenvalue weighted by Gasteiger charge is 2.09. The highest BCUT2D eigenvalue weighted by Crippen LogP contribution is 2.17. The lowest BCUT2D eigenvalue weighted by Gasteiger charge is -2.11. The molecule has 2 nitrogen and oxygen atoms in total. The molecular weight excluding hydrogens is 184 g/mol. The van der Waals surface area contributed by atoms with Gasteiger partial charge in [-0.1, -0.05) is 48.6 Å². The van der Waals surface area contributed by atoms with Crippen molar-refractivity contribution in [3.8, 4) is 0 Å². The second-order valence-corrected chi connectivity index (χ2v) is 3.50. The third-order valence-corrected chi connectivity index (χ3v) is 2.49. The number of nitrogens with two attached hydrogens (primary N) is 1. The summed E-state index contributed by atoms with van der Waals surface area (Å²) in [5.41, 5.74) is 3.20. The van der Waals surface area contributed by atoms with Crippen LogP contribution >= 0.6 is 0 Å². The lowest BCUT2D eigenvalue weighted by atomic mass is 9.96. The van der Waals surface area contributed by atoms with E-state index in [1.807, 2.05) is 30.3 Å². The zero-order valence-corrected chi connectivity index (χ0v) is 8.56. The molecule has 0 radical (unpaired) electrons. The van der Waals surface area contributed by atoms with Crippen LogP contribution in [-0.2, 0) is 0 Å². The van der Waals surface area contributed by atoms with E-state index in [9.17, 15) is 0 Å². The Morgan fingerprint density at radius 1 is 1.20 bits per heavy atom. The Hall–Kier alpha value is -1.83. The minimum absolute atomic E-state index is 0.903. The van der Waals surface area contributed by atoms with E-state index in [2.05, 4.69) is 23.3 Å². The summed E-state index contributed by atoms with van der Waals surface area (Å²) in [6, 6.07) is 10.1. The van der Waals surface area contributed by atoms with E-state index in [-0.39, 0.29) is 0 Å². The van der Waals surface area contributed by atoms with Gasteiger partial charge in [-0.3, -0.25) is 0 Å². The van der Waals surface area contributed by atoms with Gasteiger partial charge in [0.15, 0.2) is 0 Å². The van der Waals surface area contributed by atoms with Gasteiger partial charge in [0.2, 0.25) is 0 Å². The van der Waals surface area contributed by atoms with Crippen molar-refractivity contribution in [3.63, 3.8) is 0 Å². The average Bonchev–Trinajstić information content (AvgIpc) is 2.33. The van der Waals surface area contributed by atoms with Crippen molar-refractivity contribution in [1.82, 2.24) is 0 Å². The van der Waals surface area contributed by atoms with Crippen LogP contribution in [0.25, 0.3) is 0 Å². The molecule has 1 aliphatic carbocycles. The average molecular weight is 198 g/mol. The summed E-state index contributed by atoms with van der Waals surface area (Å²) in [6.07, 6.45) is 8.39. The SMILES string of the molecule is N/N=C(/C1=CC=CCC1)c1ccccc1. The molecule has 15 heavy (non-hydrogen) atoms. The summed E-state index contributed by atoms with van der Waals surface area (Å²) in [7, 11) is 0. The molecule has 1 aromatic carbocycles. The monoisotopic (exact) mass is 198 g/mol. The maximum Gasteiger partial charge on any atom is 0.0931 e. The molecular formula is C13H14N2. The van der Waals surface area contributed by atoms with Gasteiger partial charge in [-0.05, 0) is 18.4 Å². The molecule has 0 heterocycles. The summed E-state index contributed by atoms with van der Waals surface area (Å²) >= 11 is 0. The summed E-state index contributed by atoms with van der Waals surface area (Å²) in [5.74, 6) is 5.46. The topological polar surface area (TPSA) is 38.4 Å². The van der Waals surface area contributed by atoms with Gasteiger partial charge in [0.1, 0.15) is 0 Å². The van der Waals surface area contributed by atoms with Crippen LogP contribution < -0.4 is 5.84 Å². The zero-order valence-electron chi connectivity index (χ0n) is 8.56. The highest BCUT2D eigenvalue weighted by atomic mass is 15.1. The third-order valence-electron chi connectivity index (χ3n) is 2.49. The number of hydrogen-bond donors (Lipinski definition) is 1. The van der Waals surface area contributed by atoms with Crippen molar-refractivity contribution in [2.75, 3.05) is 0 Å². The smallest absolute Gasteiger partial charge is 0.0931 e. The second kappa shape index (κ2) is 4.60. The van der Waals surface area contributed by atoms with Crippen LogP contribution in [-0.4, -0.2) is 5.71 Å². The van der Waals surface area contributed by atoms with E-state index in [1.54, 1.807) is 0 Å². The normalized spacial score (nSPS) is 16.3. The highest BCUT2D eigenvalue weighted by molar-refractivity contribution is 6.12. The predicted molar refractivity (Wildman–Crippen MR) is 63.6 cm³/mol. The molecule has 2 heteroatoms. The molecule has 0 aliphatic heterocycles. The van der Waals surface area contributed by atoms with Gasteiger partial charge in [-0.15, -0.1) is 0 Å². The van der Waals surface area contributed by atoms with Crippen LogP contribution in [0.4, 0.5) is 0 Å². The quantitative estimate of drug-likeness (QED) is 0.443. The zero-order chi connectivity index (χ0) is 10.5. The first-order valence-electron chi connectivity index (χ1n) is 5.11. The van der Waals surface area contributed by atoms with Crippen LogP contribution in [0.5, 0.6) is 0 Å². The molecule has 2 rings (SSSR count). The Labute approximate surface area is 89.8 Å². The van der Waals surface area contributed by atoms with E-state index in [0.717, 1.165) is 24.1 Å². The lowest BCUT2D eigenvalue weighted by Crippen LogP contribution is -2.09. The van der Waals surface area contributed by atoms with E-state index >= 15 is 0 Å². The third kappa shape index (κ3) is 2.15. The van der Waals surface area contributed by atoms with Gasteiger partial charge in [0.25, 0.3) is 0 Å². The molecule has 0 saturated heterocycles. The van der Waals surface area contributed by atoms with E-state index in [0.29, 0.717) is 0 Å². The van der Waals surface area contributed by atoms with Crippen LogP contribution in [0.15, 0.2) is 59.2 Å². The van der Waals surface area contributed by atoms with Crippen molar-refractivity contribution in [3.05, 3.63) is 59.7 Å². The van der Waals surface area contributed by atoms with Crippen LogP contribution in [0.2, 0.25) is 0 Å². The summed E-state index contributed by atoms with van der Waals surface area (Å²) in [6.45, 7) is 0. The minimum atomic E-state index is 0.903. The Balaban J connectivity index is 2.33. The Bertz CT molecular complexity index is 413.